The first kappa shape index (κ1) is 10.4. The fourth-order valence-corrected chi connectivity index (χ4v) is 0.900. The Morgan fingerprint density at radius 2 is 2.00 bits per heavy atom. The number of rotatable bonds is 0. The molecular weight excluding hydrogens is 207 g/mol. The third-order valence-electron chi connectivity index (χ3n) is 1.13. The van der Waals surface area contributed by atoms with Gasteiger partial charge in [-0.05, 0) is 24.6 Å². The van der Waals surface area contributed by atoms with Crippen LogP contribution in [-0.4, -0.2) is 23.1 Å². The standard InChI is InChI=1S/C7H6BrF.Mg.2H/c1-5-2-3-6(8)4-7(5)9;;;/h2-4H,1H3;;;. The molecule has 0 fully saturated rings. The minimum absolute atomic E-state index is 0. The average molecular weight is 215 g/mol. The van der Waals surface area contributed by atoms with Gasteiger partial charge in [0.05, 0.1) is 0 Å². The van der Waals surface area contributed by atoms with Gasteiger partial charge in [-0.25, -0.2) is 4.39 Å². The number of hydrogen-bond acceptors (Lipinski definition) is 0. The predicted molar refractivity (Wildman–Crippen MR) is 47.4 cm³/mol. The lowest BCUT2D eigenvalue weighted by atomic mass is 10.2. The molecular formula is C7H8BrFMg. The molecule has 52 valence electrons. The van der Waals surface area contributed by atoms with Crippen molar-refractivity contribution in [3.8, 4) is 0 Å². The Kier molecular flexibility index (Phi) is 4.48. The molecule has 0 spiro atoms. The Morgan fingerprint density at radius 1 is 1.40 bits per heavy atom. The molecule has 0 aliphatic rings. The highest BCUT2D eigenvalue weighted by Gasteiger charge is 1.94. The SMILES string of the molecule is Cc1ccc(Br)cc1F.[MgH2]. The Bertz CT molecular complexity index is 225. The van der Waals surface area contributed by atoms with Crippen molar-refractivity contribution in [3.63, 3.8) is 0 Å². The van der Waals surface area contributed by atoms with E-state index < -0.39 is 0 Å². The fourth-order valence-electron chi connectivity index (χ4n) is 0.567. The van der Waals surface area contributed by atoms with Crippen molar-refractivity contribution in [3.05, 3.63) is 34.1 Å². The average Bonchev–Trinajstić information content (AvgIpc) is 1.80. The summed E-state index contributed by atoms with van der Waals surface area (Å²) in [5.41, 5.74) is 0.679. The van der Waals surface area contributed by atoms with Crippen LogP contribution >= 0.6 is 15.9 Å². The van der Waals surface area contributed by atoms with Crippen molar-refractivity contribution in [2.75, 3.05) is 0 Å². The zero-order chi connectivity index (χ0) is 6.85. The van der Waals surface area contributed by atoms with Crippen LogP contribution in [0.2, 0.25) is 0 Å². The van der Waals surface area contributed by atoms with Crippen molar-refractivity contribution < 1.29 is 4.39 Å². The first-order valence-electron chi connectivity index (χ1n) is 2.62. The van der Waals surface area contributed by atoms with Crippen LogP contribution in [0.3, 0.4) is 0 Å². The maximum atomic E-state index is 12.5. The van der Waals surface area contributed by atoms with Crippen molar-refractivity contribution in [2.24, 2.45) is 0 Å². The van der Waals surface area contributed by atoms with E-state index in [1.807, 2.05) is 6.07 Å². The van der Waals surface area contributed by atoms with E-state index in [9.17, 15) is 4.39 Å². The molecule has 0 atom stereocenters. The second-order valence-electron chi connectivity index (χ2n) is 1.89. The highest BCUT2D eigenvalue weighted by atomic mass is 79.9. The van der Waals surface area contributed by atoms with Gasteiger partial charge in [0.25, 0.3) is 0 Å². The van der Waals surface area contributed by atoms with Gasteiger partial charge in [0, 0.05) is 4.47 Å². The van der Waals surface area contributed by atoms with Crippen molar-refractivity contribution >= 4 is 39.0 Å². The lowest BCUT2D eigenvalue weighted by molar-refractivity contribution is 0.617. The Hall–Kier alpha value is 0.396. The van der Waals surface area contributed by atoms with E-state index in [1.54, 1.807) is 13.0 Å². The molecule has 0 bridgehead atoms. The number of benzene rings is 1. The maximum absolute atomic E-state index is 12.5. The van der Waals surface area contributed by atoms with Crippen LogP contribution in [0.1, 0.15) is 5.56 Å². The van der Waals surface area contributed by atoms with E-state index in [4.69, 9.17) is 0 Å². The van der Waals surface area contributed by atoms with Gasteiger partial charge in [-0.15, -0.1) is 0 Å². The summed E-state index contributed by atoms with van der Waals surface area (Å²) in [6.45, 7) is 1.74. The van der Waals surface area contributed by atoms with Crippen LogP contribution in [-0.2, 0) is 0 Å². The third kappa shape index (κ3) is 2.56. The normalized spacial score (nSPS) is 8.70. The molecule has 1 aromatic rings. The van der Waals surface area contributed by atoms with Crippen LogP contribution in [0.15, 0.2) is 22.7 Å². The van der Waals surface area contributed by atoms with Crippen LogP contribution in [0, 0.1) is 12.7 Å². The molecule has 0 aromatic heterocycles. The lowest BCUT2D eigenvalue weighted by Gasteiger charge is -1.93. The monoisotopic (exact) mass is 214 g/mol. The minimum atomic E-state index is -0.163. The molecule has 0 unspecified atom stereocenters. The molecule has 0 aliphatic heterocycles. The number of halogens is 2. The molecule has 0 aliphatic carbocycles. The maximum Gasteiger partial charge on any atom is 0.316 e. The van der Waals surface area contributed by atoms with E-state index >= 15 is 0 Å². The van der Waals surface area contributed by atoms with Gasteiger partial charge in [-0.3, -0.25) is 0 Å². The molecule has 0 nitrogen and oxygen atoms in total. The third-order valence-corrected chi connectivity index (χ3v) is 1.63. The zero-order valence-corrected chi connectivity index (χ0v) is 6.57. The Labute approximate surface area is 84.1 Å². The van der Waals surface area contributed by atoms with E-state index in [2.05, 4.69) is 15.9 Å². The fraction of sp³-hybridized carbons (Fsp3) is 0.143. The summed E-state index contributed by atoms with van der Waals surface area (Å²) in [4.78, 5) is 0. The lowest BCUT2D eigenvalue weighted by Crippen LogP contribution is -1.78. The van der Waals surface area contributed by atoms with Crippen molar-refractivity contribution in [1.82, 2.24) is 0 Å². The van der Waals surface area contributed by atoms with Crippen LogP contribution < -0.4 is 0 Å². The number of aryl methyl sites for hydroxylation is 1. The van der Waals surface area contributed by atoms with Gasteiger partial charge in [-0.2, -0.15) is 0 Å². The summed E-state index contributed by atoms with van der Waals surface area (Å²) < 4.78 is 13.3. The topological polar surface area (TPSA) is 0 Å². The molecule has 3 heteroatoms. The molecule has 0 N–H and O–H groups in total. The highest BCUT2D eigenvalue weighted by molar-refractivity contribution is 9.10. The van der Waals surface area contributed by atoms with Gasteiger partial charge in [0.2, 0.25) is 0 Å². The van der Waals surface area contributed by atoms with Gasteiger partial charge < -0.3 is 0 Å². The second kappa shape index (κ2) is 4.31. The summed E-state index contributed by atoms with van der Waals surface area (Å²) in [5.74, 6) is -0.163. The second-order valence-corrected chi connectivity index (χ2v) is 2.81. The summed E-state index contributed by atoms with van der Waals surface area (Å²) in [5, 5.41) is 0. The molecule has 10 heavy (non-hydrogen) atoms. The van der Waals surface area contributed by atoms with Crippen LogP contribution in [0.5, 0.6) is 0 Å². The molecule has 0 saturated heterocycles. The van der Waals surface area contributed by atoms with E-state index in [0.29, 0.717) is 5.56 Å². The number of hydrogen-bond donors (Lipinski definition) is 0. The van der Waals surface area contributed by atoms with Crippen LogP contribution in [0.25, 0.3) is 0 Å². The summed E-state index contributed by atoms with van der Waals surface area (Å²) in [6, 6.07) is 5.01. The van der Waals surface area contributed by atoms with Gasteiger partial charge in [-0.1, -0.05) is 22.0 Å². The van der Waals surface area contributed by atoms with E-state index in [0.717, 1.165) is 4.47 Å². The zero-order valence-electron chi connectivity index (χ0n) is 4.99. The molecule has 0 saturated carbocycles. The molecule has 1 rings (SSSR count). The minimum Gasteiger partial charge on any atom is -0.207 e. The molecule has 0 amide bonds. The quantitative estimate of drug-likeness (QED) is 0.581. The smallest absolute Gasteiger partial charge is 0.207 e. The molecule has 1 aromatic carbocycles. The van der Waals surface area contributed by atoms with Crippen molar-refractivity contribution in [1.29, 1.82) is 0 Å². The van der Waals surface area contributed by atoms with Crippen molar-refractivity contribution in [2.45, 2.75) is 6.92 Å². The van der Waals surface area contributed by atoms with Gasteiger partial charge in [0.1, 0.15) is 5.82 Å². The Balaban J connectivity index is 0.000000810. The predicted octanol–water partition coefficient (Wildman–Crippen LogP) is 1.98. The largest absolute Gasteiger partial charge is 0.316 e. The first-order chi connectivity index (χ1) is 4.20. The molecule has 0 heterocycles. The van der Waals surface area contributed by atoms with Crippen LogP contribution in [0.4, 0.5) is 4.39 Å². The summed E-state index contributed by atoms with van der Waals surface area (Å²) >= 11 is 3.16. The first-order valence-corrected chi connectivity index (χ1v) is 3.41. The summed E-state index contributed by atoms with van der Waals surface area (Å²) in [6.07, 6.45) is 0. The Morgan fingerprint density at radius 3 is 2.40 bits per heavy atom. The van der Waals surface area contributed by atoms with E-state index in [-0.39, 0.29) is 28.9 Å². The summed E-state index contributed by atoms with van der Waals surface area (Å²) in [7, 11) is 0. The molecule has 0 radical (unpaired) electrons. The van der Waals surface area contributed by atoms with Gasteiger partial charge >= 0.3 is 23.1 Å². The highest BCUT2D eigenvalue weighted by Crippen LogP contribution is 2.13. The van der Waals surface area contributed by atoms with Gasteiger partial charge in [0.15, 0.2) is 0 Å². The van der Waals surface area contributed by atoms with E-state index in [1.165, 1.54) is 6.07 Å².